The van der Waals surface area contributed by atoms with Gasteiger partial charge in [-0.25, -0.2) is 9.97 Å². The third-order valence-corrected chi connectivity index (χ3v) is 3.73. The van der Waals surface area contributed by atoms with Gasteiger partial charge in [-0.05, 0) is 36.8 Å². The minimum absolute atomic E-state index is 0.776. The van der Waals surface area contributed by atoms with Gasteiger partial charge in [0.15, 0.2) is 0 Å². The van der Waals surface area contributed by atoms with Crippen molar-refractivity contribution < 1.29 is 0 Å². The van der Waals surface area contributed by atoms with E-state index in [0.717, 1.165) is 46.8 Å². The first-order valence-corrected chi connectivity index (χ1v) is 7.42. The zero-order valence-corrected chi connectivity index (χ0v) is 12.4. The van der Waals surface area contributed by atoms with E-state index in [9.17, 15) is 0 Å². The largest absolute Gasteiger partial charge is 0.355 e. The number of aryl methyl sites for hydroxylation is 1. The van der Waals surface area contributed by atoms with E-state index in [4.69, 9.17) is 0 Å². The van der Waals surface area contributed by atoms with Crippen LogP contribution in [0.2, 0.25) is 0 Å². The Morgan fingerprint density at radius 2 is 1.82 bits per heavy atom. The van der Waals surface area contributed by atoms with E-state index in [1.54, 1.807) is 0 Å². The molecule has 0 saturated carbocycles. The van der Waals surface area contributed by atoms with Crippen LogP contribution in [-0.2, 0) is 6.42 Å². The first-order chi connectivity index (χ1) is 10.8. The van der Waals surface area contributed by atoms with Gasteiger partial charge in [0.05, 0.1) is 22.1 Å². The average Bonchev–Trinajstić information content (AvgIpc) is 3.09. The fourth-order valence-corrected chi connectivity index (χ4v) is 2.63. The first-order valence-electron chi connectivity index (χ1n) is 7.42. The van der Waals surface area contributed by atoms with Gasteiger partial charge in [-0.15, -0.1) is 0 Å². The molecular formula is C17H17N5. The fourth-order valence-electron chi connectivity index (χ4n) is 2.63. The smallest absolute Gasteiger partial charge is 0.201 e. The van der Waals surface area contributed by atoms with E-state index in [0.29, 0.717) is 0 Å². The van der Waals surface area contributed by atoms with Gasteiger partial charge in [0.25, 0.3) is 0 Å². The zero-order chi connectivity index (χ0) is 14.9. The molecule has 0 aliphatic heterocycles. The lowest BCUT2D eigenvalue weighted by Crippen LogP contribution is -2.06. The molecule has 0 unspecified atom stereocenters. The molecule has 0 aliphatic rings. The minimum Gasteiger partial charge on any atom is -0.355 e. The SMILES string of the molecule is Cc1ccc2nc(NCCc3nc4ccccc4[nH]3)[nH]c2c1. The van der Waals surface area contributed by atoms with E-state index in [-0.39, 0.29) is 0 Å². The number of hydrogen-bond acceptors (Lipinski definition) is 3. The summed E-state index contributed by atoms with van der Waals surface area (Å²) < 4.78 is 0. The highest BCUT2D eigenvalue weighted by Gasteiger charge is 2.04. The molecule has 110 valence electrons. The van der Waals surface area contributed by atoms with E-state index >= 15 is 0 Å². The summed E-state index contributed by atoms with van der Waals surface area (Å²) in [5.41, 5.74) is 5.36. The Bertz CT molecular complexity index is 901. The van der Waals surface area contributed by atoms with Gasteiger partial charge in [0.1, 0.15) is 5.82 Å². The van der Waals surface area contributed by atoms with Crippen LogP contribution in [0.4, 0.5) is 5.95 Å². The Kier molecular flexibility index (Phi) is 3.04. The summed E-state index contributed by atoms with van der Waals surface area (Å²) in [6.07, 6.45) is 0.824. The van der Waals surface area contributed by atoms with Crippen molar-refractivity contribution in [3.05, 3.63) is 53.9 Å². The summed E-state index contributed by atoms with van der Waals surface area (Å²) in [7, 11) is 0. The maximum atomic E-state index is 4.57. The molecule has 0 saturated heterocycles. The molecule has 5 nitrogen and oxygen atoms in total. The molecule has 5 heteroatoms. The summed E-state index contributed by atoms with van der Waals surface area (Å²) >= 11 is 0. The number of nitrogens with zero attached hydrogens (tertiary/aromatic N) is 2. The van der Waals surface area contributed by atoms with Gasteiger partial charge in [0.2, 0.25) is 5.95 Å². The summed E-state index contributed by atoms with van der Waals surface area (Å²) in [6.45, 7) is 2.85. The Labute approximate surface area is 127 Å². The van der Waals surface area contributed by atoms with Crippen LogP contribution in [0.25, 0.3) is 22.1 Å². The third kappa shape index (κ3) is 2.41. The maximum absolute atomic E-state index is 4.57. The quantitative estimate of drug-likeness (QED) is 0.539. The standard InChI is InChI=1S/C17H17N5/c1-11-6-7-14-15(10-11)22-17(21-14)18-9-8-16-19-12-4-2-3-5-13(12)20-16/h2-7,10H,8-9H2,1H3,(H,19,20)(H2,18,21,22). The third-order valence-electron chi connectivity index (χ3n) is 3.73. The number of nitrogens with one attached hydrogen (secondary N) is 3. The summed E-state index contributed by atoms with van der Waals surface area (Å²) in [6, 6.07) is 14.3. The van der Waals surface area contributed by atoms with E-state index in [1.807, 2.05) is 30.3 Å². The van der Waals surface area contributed by atoms with Crippen molar-refractivity contribution in [1.29, 1.82) is 0 Å². The molecule has 0 aliphatic carbocycles. The maximum Gasteiger partial charge on any atom is 0.201 e. The van der Waals surface area contributed by atoms with Crippen molar-refractivity contribution >= 4 is 28.0 Å². The lowest BCUT2D eigenvalue weighted by atomic mass is 10.2. The van der Waals surface area contributed by atoms with E-state index in [2.05, 4.69) is 44.3 Å². The number of hydrogen-bond donors (Lipinski definition) is 3. The normalized spacial score (nSPS) is 11.3. The molecule has 0 spiro atoms. The van der Waals surface area contributed by atoms with Crippen LogP contribution in [0.1, 0.15) is 11.4 Å². The molecule has 0 fully saturated rings. The van der Waals surface area contributed by atoms with E-state index in [1.165, 1.54) is 5.56 Å². The summed E-state index contributed by atoms with van der Waals surface area (Å²) in [5, 5.41) is 3.32. The lowest BCUT2D eigenvalue weighted by molar-refractivity contribution is 0.925. The van der Waals surface area contributed by atoms with Crippen molar-refractivity contribution in [3.8, 4) is 0 Å². The van der Waals surface area contributed by atoms with Crippen molar-refractivity contribution in [1.82, 2.24) is 19.9 Å². The molecule has 0 atom stereocenters. The predicted molar refractivity (Wildman–Crippen MR) is 89.1 cm³/mol. The number of benzene rings is 2. The highest BCUT2D eigenvalue weighted by molar-refractivity contribution is 5.78. The Morgan fingerprint density at radius 3 is 2.73 bits per heavy atom. The monoisotopic (exact) mass is 291 g/mol. The van der Waals surface area contributed by atoms with Crippen LogP contribution in [0.15, 0.2) is 42.5 Å². The predicted octanol–water partition coefficient (Wildman–Crippen LogP) is 3.40. The number of H-pyrrole nitrogens is 2. The van der Waals surface area contributed by atoms with Crippen LogP contribution in [0, 0.1) is 6.92 Å². The van der Waals surface area contributed by atoms with Gasteiger partial charge in [-0.2, -0.15) is 0 Å². The number of rotatable bonds is 4. The second-order valence-electron chi connectivity index (χ2n) is 5.48. The van der Waals surface area contributed by atoms with E-state index < -0.39 is 0 Å². The molecule has 2 aromatic heterocycles. The number of imidazole rings is 2. The highest BCUT2D eigenvalue weighted by Crippen LogP contribution is 2.16. The number of aromatic nitrogens is 4. The zero-order valence-electron chi connectivity index (χ0n) is 12.4. The van der Waals surface area contributed by atoms with Gasteiger partial charge in [0, 0.05) is 13.0 Å². The fraction of sp³-hybridized carbons (Fsp3) is 0.176. The molecule has 0 bridgehead atoms. The van der Waals surface area contributed by atoms with Crippen molar-refractivity contribution in [2.75, 3.05) is 11.9 Å². The van der Waals surface area contributed by atoms with Gasteiger partial charge >= 0.3 is 0 Å². The van der Waals surface area contributed by atoms with Gasteiger partial charge in [-0.1, -0.05) is 18.2 Å². The summed E-state index contributed by atoms with van der Waals surface area (Å²) in [5.74, 6) is 1.79. The number of anilines is 1. The number of fused-ring (bicyclic) bond motifs is 2. The van der Waals surface area contributed by atoms with Gasteiger partial charge in [-0.3, -0.25) is 0 Å². The Hall–Kier alpha value is -2.82. The van der Waals surface area contributed by atoms with Crippen LogP contribution in [-0.4, -0.2) is 26.5 Å². The second kappa shape index (κ2) is 5.18. The van der Waals surface area contributed by atoms with Crippen LogP contribution < -0.4 is 5.32 Å². The number of aromatic amines is 2. The second-order valence-corrected chi connectivity index (χ2v) is 5.48. The van der Waals surface area contributed by atoms with Crippen LogP contribution >= 0.6 is 0 Å². The highest BCUT2D eigenvalue weighted by atomic mass is 15.1. The molecule has 3 N–H and O–H groups in total. The number of para-hydroxylation sites is 2. The van der Waals surface area contributed by atoms with Gasteiger partial charge < -0.3 is 15.3 Å². The minimum atomic E-state index is 0.776. The molecule has 0 radical (unpaired) electrons. The molecule has 0 amide bonds. The van der Waals surface area contributed by atoms with Crippen molar-refractivity contribution in [2.24, 2.45) is 0 Å². The molecular weight excluding hydrogens is 274 g/mol. The first kappa shape index (κ1) is 12.9. The van der Waals surface area contributed by atoms with Crippen LogP contribution in [0.5, 0.6) is 0 Å². The van der Waals surface area contributed by atoms with Crippen molar-refractivity contribution in [2.45, 2.75) is 13.3 Å². The average molecular weight is 291 g/mol. The molecule has 22 heavy (non-hydrogen) atoms. The Morgan fingerprint density at radius 1 is 0.955 bits per heavy atom. The topological polar surface area (TPSA) is 69.4 Å². The summed E-state index contributed by atoms with van der Waals surface area (Å²) in [4.78, 5) is 15.7. The molecule has 2 heterocycles. The molecule has 4 aromatic rings. The lowest BCUT2D eigenvalue weighted by Gasteiger charge is -1.99. The Balaban J connectivity index is 1.45. The van der Waals surface area contributed by atoms with Crippen molar-refractivity contribution in [3.63, 3.8) is 0 Å². The van der Waals surface area contributed by atoms with Crippen LogP contribution in [0.3, 0.4) is 0 Å². The molecule has 2 aromatic carbocycles. The molecule has 4 rings (SSSR count).